The first-order valence-electron chi connectivity index (χ1n) is 2.28. The number of rotatable bonds is 1. The quantitative estimate of drug-likeness (QED) is 0.446. The normalized spacial score (nSPS) is 10.1. The third-order valence-corrected chi connectivity index (χ3v) is 0.493. The minimum atomic E-state index is 0. The molecular formula is C7H11Ru. The van der Waals surface area contributed by atoms with E-state index in [4.69, 9.17) is 0 Å². The van der Waals surface area contributed by atoms with E-state index in [2.05, 4.69) is 13.5 Å². The van der Waals surface area contributed by atoms with Crippen molar-refractivity contribution in [2.24, 2.45) is 0 Å². The van der Waals surface area contributed by atoms with Gasteiger partial charge in [0.25, 0.3) is 0 Å². The number of hydrogen-bond donors (Lipinski definition) is 0. The maximum absolute atomic E-state index is 3.68. The van der Waals surface area contributed by atoms with E-state index in [9.17, 15) is 0 Å². The average Bonchev–Trinajstić information content (AvgIpc) is 1.27. The molecule has 0 saturated carbocycles. The molecule has 0 heterocycles. The van der Waals surface area contributed by atoms with Crippen molar-refractivity contribution in [1.29, 1.82) is 0 Å². The summed E-state index contributed by atoms with van der Waals surface area (Å²) >= 11 is 0. The van der Waals surface area contributed by atoms with Gasteiger partial charge in [0.2, 0.25) is 0 Å². The maximum Gasteiger partial charge on any atom is 0 e. The Balaban J connectivity index is 0. The zero-order valence-electron chi connectivity index (χ0n) is 5.35. The predicted molar refractivity (Wildman–Crippen MR) is 33.9 cm³/mol. The largest absolute Gasteiger partial charge is 0.0961 e. The van der Waals surface area contributed by atoms with Crippen molar-refractivity contribution in [3.63, 3.8) is 0 Å². The summed E-state index contributed by atoms with van der Waals surface area (Å²) in [7, 11) is 0. The van der Waals surface area contributed by atoms with Gasteiger partial charge in [0.05, 0.1) is 0 Å². The Morgan fingerprint density at radius 3 is 1.75 bits per heavy atom. The van der Waals surface area contributed by atoms with E-state index < -0.39 is 0 Å². The Kier molecular flexibility index (Phi) is 7.20. The minimum Gasteiger partial charge on any atom is -0.0961 e. The second kappa shape index (κ2) is 5.24. The van der Waals surface area contributed by atoms with Crippen LogP contribution >= 0.6 is 0 Å². The molecule has 0 N–H and O–H groups in total. The zero-order valence-corrected chi connectivity index (χ0v) is 7.08. The summed E-state index contributed by atoms with van der Waals surface area (Å²) in [6, 6.07) is 0. The van der Waals surface area contributed by atoms with E-state index in [1.54, 1.807) is 0 Å². The van der Waals surface area contributed by atoms with Crippen molar-refractivity contribution >= 4 is 0 Å². The van der Waals surface area contributed by atoms with Crippen LogP contribution in [0, 0.1) is 6.92 Å². The SMILES string of the molecule is [CH2]C(C)=CC(=C)C.[Ru]. The van der Waals surface area contributed by atoms with Gasteiger partial charge in [0.15, 0.2) is 0 Å². The summed E-state index contributed by atoms with van der Waals surface area (Å²) in [4.78, 5) is 0. The first-order valence-corrected chi connectivity index (χ1v) is 2.28. The van der Waals surface area contributed by atoms with Gasteiger partial charge < -0.3 is 0 Å². The van der Waals surface area contributed by atoms with Crippen LogP contribution in [0.2, 0.25) is 0 Å². The molecule has 0 aromatic rings. The van der Waals surface area contributed by atoms with Crippen LogP contribution in [0.25, 0.3) is 0 Å². The number of allylic oxidation sites excluding steroid dienone is 3. The van der Waals surface area contributed by atoms with Crippen LogP contribution in [0.5, 0.6) is 0 Å². The van der Waals surface area contributed by atoms with Crippen LogP contribution in [-0.4, -0.2) is 0 Å². The van der Waals surface area contributed by atoms with Gasteiger partial charge in [-0.05, 0) is 20.8 Å². The molecule has 0 bridgehead atoms. The molecule has 0 spiro atoms. The smallest absolute Gasteiger partial charge is 0 e. The molecule has 0 saturated heterocycles. The second-order valence-corrected chi connectivity index (χ2v) is 1.84. The zero-order chi connectivity index (χ0) is 5.86. The van der Waals surface area contributed by atoms with Gasteiger partial charge in [-0.2, -0.15) is 0 Å². The van der Waals surface area contributed by atoms with Gasteiger partial charge >= 0.3 is 0 Å². The van der Waals surface area contributed by atoms with E-state index in [1.807, 2.05) is 19.9 Å². The molecule has 1 radical (unpaired) electrons. The van der Waals surface area contributed by atoms with Gasteiger partial charge in [0, 0.05) is 19.5 Å². The number of hydrogen-bond acceptors (Lipinski definition) is 0. The van der Waals surface area contributed by atoms with Crippen LogP contribution in [0.1, 0.15) is 13.8 Å². The summed E-state index contributed by atoms with van der Waals surface area (Å²) < 4.78 is 0. The van der Waals surface area contributed by atoms with E-state index in [0.717, 1.165) is 11.1 Å². The molecule has 0 aliphatic rings. The maximum atomic E-state index is 3.68. The van der Waals surface area contributed by atoms with Crippen LogP contribution in [0.15, 0.2) is 23.8 Å². The van der Waals surface area contributed by atoms with Crippen molar-refractivity contribution in [1.82, 2.24) is 0 Å². The van der Waals surface area contributed by atoms with Gasteiger partial charge in [-0.1, -0.05) is 23.8 Å². The Hall–Kier alpha value is 0.103. The Bertz CT molecular complexity index is 97.0. The van der Waals surface area contributed by atoms with Crippen LogP contribution in [0.4, 0.5) is 0 Å². The van der Waals surface area contributed by atoms with Crippen LogP contribution in [0.3, 0.4) is 0 Å². The average molecular weight is 196 g/mol. The second-order valence-electron chi connectivity index (χ2n) is 1.84. The predicted octanol–water partition coefficient (Wildman–Crippen LogP) is 2.34. The molecule has 1 heteroatoms. The minimum absolute atomic E-state index is 0. The summed E-state index contributed by atoms with van der Waals surface area (Å²) in [5.41, 5.74) is 2.12. The van der Waals surface area contributed by atoms with E-state index >= 15 is 0 Å². The van der Waals surface area contributed by atoms with Gasteiger partial charge in [0.1, 0.15) is 0 Å². The van der Waals surface area contributed by atoms with Crippen LogP contribution in [-0.2, 0) is 19.5 Å². The molecule has 0 aliphatic heterocycles. The molecule has 0 atom stereocenters. The monoisotopic (exact) mass is 197 g/mol. The molecule has 0 nitrogen and oxygen atoms in total. The molecule has 0 aromatic heterocycles. The Morgan fingerprint density at radius 1 is 1.38 bits per heavy atom. The summed E-state index contributed by atoms with van der Waals surface area (Å²) in [5.74, 6) is 0. The standard InChI is InChI=1S/C7H11.Ru/c1-6(2)5-7(3)4;/h5H,1,3H2,2,4H3;. The van der Waals surface area contributed by atoms with E-state index in [-0.39, 0.29) is 19.5 Å². The molecular weight excluding hydrogens is 185 g/mol. The molecule has 0 unspecified atom stereocenters. The van der Waals surface area contributed by atoms with E-state index in [0.29, 0.717) is 0 Å². The summed E-state index contributed by atoms with van der Waals surface area (Å²) in [5, 5.41) is 0. The van der Waals surface area contributed by atoms with Gasteiger partial charge in [-0.15, -0.1) is 0 Å². The first kappa shape index (κ1) is 11.0. The molecule has 0 rings (SSSR count). The fourth-order valence-electron chi connectivity index (χ4n) is 0.421. The van der Waals surface area contributed by atoms with Crippen molar-refractivity contribution in [3.8, 4) is 0 Å². The third kappa shape index (κ3) is 9.44. The molecule has 0 aliphatic carbocycles. The summed E-state index contributed by atoms with van der Waals surface area (Å²) in [6.07, 6.45) is 1.94. The third-order valence-electron chi connectivity index (χ3n) is 0.493. The van der Waals surface area contributed by atoms with Gasteiger partial charge in [-0.3, -0.25) is 0 Å². The Labute approximate surface area is 64.4 Å². The Morgan fingerprint density at radius 2 is 1.75 bits per heavy atom. The molecule has 8 heavy (non-hydrogen) atoms. The molecule has 0 amide bonds. The van der Waals surface area contributed by atoms with Crippen molar-refractivity contribution in [2.45, 2.75) is 13.8 Å². The van der Waals surface area contributed by atoms with Gasteiger partial charge in [-0.25, -0.2) is 0 Å². The van der Waals surface area contributed by atoms with Crippen molar-refractivity contribution < 1.29 is 19.5 Å². The topological polar surface area (TPSA) is 0 Å². The fraction of sp³-hybridized carbons (Fsp3) is 0.286. The van der Waals surface area contributed by atoms with Crippen LogP contribution < -0.4 is 0 Å². The van der Waals surface area contributed by atoms with Crippen molar-refractivity contribution in [3.05, 3.63) is 30.7 Å². The fourth-order valence-corrected chi connectivity index (χ4v) is 0.421. The summed E-state index contributed by atoms with van der Waals surface area (Å²) in [6.45, 7) is 11.3. The van der Waals surface area contributed by atoms with E-state index in [1.165, 1.54) is 0 Å². The molecule has 47 valence electrons. The first-order chi connectivity index (χ1) is 3.13. The van der Waals surface area contributed by atoms with Crippen molar-refractivity contribution in [2.75, 3.05) is 0 Å². The molecule has 0 fully saturated rings. The molecule has 0 aromatic carbocycles.